The third-order valence-electron chi connectivity index (χ3n) is 4.93. The normalized spacial score (nSPS) is 14.7. The first-order chi connectivity index (χ1) is 13.9. The minimum absolute atomic E-state index is 0.285. The van der Waals surface area contributed by atoms with Crippen molar-refractivity contribution in [2.24, 2.45) is 0 Å². The van der Waals surface area contributed by atoms with Gasteiger partial charge in [0.25, 0.3) is 0 Å². The second-order valence-electron chi connectivity index (χ2n) is 6.96. The SMILES string of the molecule is CS(=O)(=O)c1ccc(-c2cnc(N)c(-c3ccc(N4CCOCC4)nc3)c2)cc1. The van der Waals surface area contributed by atoms with Crippen molar-refractivity contribution in [3.05, 3.63) is 54.9 Å². The third kappa shape index (κ3) is 4.23. The van der Waals surface area contributed by atoms with Crippen LogP contribution in [0.5, 0.6) is 0 Å². The van der Waals surface area contributed by atoms with Gasteiger partial charge in [-0.05, 0) is 35.9 Å². The Hall–Kier alpha value is -2.97. The van der Waals surface area contributed by atoms with Crippen LogP contribution in [0.3, 0.4) is 0 Å². The van der Waals surface area contributed by atoms with Crippen molar-refractivity contribution < 1.29 is 13.2 Å². The Morgan fingerprint density at radius 3 is 2.21 bits per heavy atom. The number of morpholine rings is 1. The van der Waals surface area contributed by atoms with Crippen molar-refractivity contribution >= 4 is 21.5 Å². The first-order valence-electron chi connectivity index (χ1n) is 9.27. The molecule has 7 nitrogen and oxygen atoms in total. The van der Waals surface area contributed by atoms with Crippen LogP contribution in [-0.4, -0.2) is 50.9 Å². The van der Waals surface area contributed by atoms with E-state index in [9.17, 15) is 8.42 Å². The van der Waals surface area contributed by atoms with Gasteiger partial charge in [0.1, 0.15) is 11.6 Å². The molecule has 0 spiro atoms. The van der Waals surface area contributed by atoms with Crippen molar-refractivity contribution in [3.8, 4) is 22.3 Å². The zero-order valence-electron chi connectivity index (χ0n) is 16.1. The fourth-order valence-corrected chi connectivity index (χ4v) is 3.91. The Kier molecular flexibility index (Phi) is 5.21. The van der Waals surface area contributed by atoms with E-state index >= 15 is 0 Å². The van der Waals surface area contributed by atoms with Gasteiger partial charge in [-0.25, -0.2) is 18.4 Å². The largest absolute Gasteiger partial charge is 0.383 e. The van der Waals surface area contributed by atoms with Gasteiger partial charge in [0.2, 0.25) is 0 Å². The lowest BCUT2D eigenvalue weighted by molar-refractivity contribution is 0.122. The molecule has 0 radical (unpaired) electrons. The first kappa shape index (κ1) is 19.4. The van der Waals surface area contributed by atoms with Crippen LogP contribution in [-0.2, 0) is 14.6 Å². The van der Waals surface area contributed by atoms with E-state index in [0.717, 1.165) is 41.2 Å². The lowest BCUT2D eigenvalue weighted by atomic mass is 10.0. The summed E-state index contributed by atoms with van der Waals surface area (Å²) in [7, 11) is -3.23. The van der Waals surface area contributed by atoms with Crippen molar-refractivity contribution in [3.63, 3.8) is 0 Å². The van der Waals surface area contributed by atoms with Gasteiger partial charge in [-0.2, -0.15) is 0 Å². The Morgan fingerprint density at radius 2 is 1.59 bits per heavy atom. The van der Waals surface area contributed by atoms with Gasteiger partial charge < -0.3 is 15.4 Å². The zero-order chi connectivity index (χ0) is 20.4. The highest BCUT2D eigenvalue weighted by molar-refractivity contribution is 7.90. The van der Waals surface area contributed by atoms with Gasteiger partial charge in [0.05, 0.1) is 18.1 Å². The average molecular weight is 410 g/mol. The van der Waals surface area contributed by atoms with Crippen LogP contribution in [0.4, 0.5) is 11.6 Å². The highest BCUT2D eigenvalue weighted by Gasteiger charge is 2.14. The number of rotatable bonds is 4. The molecule has 4 rings (SSSR count). The molecule has 3 heterocycles. The predicted molar refractivity (Wildman–Crippen MR) is 113 cm³/mol. The second kappa shape index (κ2) is 7.81. The highest BCUT2D eigenvalue weighted by atomic mass is 32.2. The number of sulfone groups is 1. The number of ether oxygens (including phenoxy) is 1. The van der Waals surface area contributed by atoms with E-state index in [2.05, 4.69) is 14.9 Å². The summed E-state index contributed by atoms with van der Waals surface area (Å²) in [5.74, 6) is 1.33. The smallest absolute Gasteiger partial charge is 0.175 e. The number of aromatic nitrogens is 2. The van der Waals surface area contributed by atoms with Crippen LogP contribution in [0.1, 0.15) is 0 Å². The van der Waals surface area contributed by atoms with E-state index < -0.39 is 9.84 Å². The monoisotopic (exact) mass is 410 g/mol. The molecule has 1 fully saturated rings. The Labute approximate surface area is 170 Å². The molecular formula is C21H22N4O3S. The van der Waals surface area contributed by atoms with Crippen molar-refractivity contribution in [1.82, 2.24) is 9.97 Å². The number of hydrogen-bond acceptors (Lipinski definition) is 7. The molecule has 1 saturated heterocycles. The minimum atomic E-state index is -3.23. The van der Waals surface area contributed by atoms with Crippen LogP contribution in [0.15, 0.2) is 59.8 Å². The molecule has 3 aromatic rings. The summed E-state index contributed by atoms with van der Waals surface area (Å²) in [6.07, 6.45) is 4.68. The second-order valence-corrected chi connectivity index (χ2v) is 8.97. The van der Waals surface area contributed by atoms with E-state index in [4.69, 9.17) is 10.5 Å². The molecule has 1 aliphatic heterocycles. The molecule has 150 valence electrons. The molecule has 0 aliphatic carbocycles. The highest BCUT2D eigenvalue weighted by Crippen LogP contribution is 2.30. The van der Waals surface area contributed by atoms with Crippen molar-refractivity contribution in [1.29, 1.82) is 0 Å². The molecule has 0 atom stereocenters. The average Bonchev–Trinajstić information content (AvgIpc) is 2.74. The number of nitrogen functional groups attached to an aromatic ring is 1. The molecule has 2 aromatic heterocycles. The number of benzene rings is 1. The Morgan fingerprint density at radius 1 is 0.931 bits per heavy atom. The number of hydrogen-bond donors (Lipinski definition) is 1. The third-order valence-corrected chi connectivity index (χ3v) is 6.06. The summed E-state index contributed by atoms with van der Waals surface area (Å²) < 4.78 is 28.7. The molecule has 29 heavy (non-hydrogen) atoms. The molecule has 1 aliphatic rings. The van der Waals surface area contributed by atoms with E-state index in [-0.39, 0.29) is 4.90 Å². The van der Waals surface area contributed by atoms with Crippen LogP contribution in [0.2, 0.25) is 0 Å². The van der Waals surface area contributed by atoms with Crippen LogP contribution >= 0.6 is 0 Å². The van der Waals surface area contributed by atoms with Crippen molar-refractivity contribution in [2.75, 3.05) is 43.2 Å². The lowest BCUT2D eigenvalue weighted by Gasteiger charge is -2.27. The van der Waals surface area contributed by atoms with Gasteiger partial charge in [-0.1, -0.05) is 12.1 Å². The van der Waals surface area contributed by atoms with Crippen LogP contribution in [0.25, 0.3) is 22.3 Å². The first-order valence-corrected chi connectivity index (χ1v) is 11.2. The predicted octanol–water partition coefficient (Wildman–Crippen LogP) is 2.63. The number of anilines is 2. The molecule has 1 aromatic carbocycles. The summed E-state index contributed by atoms with van der Waals surface area (Å²) in [5.41, 5.74) is 9.50. The molecule has 0 amide bonds. The summed E-state index contributed by atoms with van der Waals surface area (Å²) >= 11 is 0. The van der Waals surface area contributed by atoms with Crippen LogP contribution < -0.4 is 10.6 Å². The topological polar surface area (TPSA) is 98.4 Å². The molecule has 0 bridgehead atoms. The molecular weight excluding hydrogens is 388 g/mol. The summed E-state index contributed by atoms with van der Waals surface area (Å²) in [4.78, 5) is 11.4. The zero-order valence-corrected chi connectivity index (χ0v) is 16.9. The van der Waals surface area contributed by atoms with E-state index in [1.165, 1.54) is 6.26 Å². The number of nitrogens with zero attached hydrogens (tertiary/aromatic N) is 3. The minimum Gasteiger partial charge on any atom is -0.383 e. The fraction of sp³-hybridized carbons (Fsp3) is 0.238. The molecule has 0 saturated carbocycles. The summed E-state index contributed by atoms with van der Waals surface area (Å²) in [6.45, 7) is 3.07. The van der Waals surface area contributed by atoms with Crippen molar-refractivity contribution in [2.45, 2.75) is 4.90 Å². The van der Waals surface area contributed by atoms with Gasteiger partial charge in [-0.3, -0.25) is 0 Å². The van der Waals surface area contributed by atoms with E-state index in [0.29, 0.717) is 19.0 Å². The molecule has 2 N–H and O–H groups in total. The Balaban J connectivity index is 1.63. The van der Waals surface area contributed by atoms with Crippen LogP contribution in [0, 0.1) is 0 Å². The van der Waals surface area contributed by atoms with Gasteiger partial charge in [0, 0.05) is 48.4 Å². The molecule has 0 unspecified atom stereocenters. The maximum absolute atomic E-state index is 11.7. The quantitative estimate of drug-likeness (QED) is 0.706. The van der Waals surface area contributed by atoms with Gasteiger partial charge >= 0.3 is 0 Å². The molecule has 8 heteroatoms. The van der Waals surface area contributed by atoms with Gasteiger partial charge in [0.15, 0.2) is 9.84 Å². The summed E-state index contributed by atoms with van der Waals surface area (Å²) in [5, 5.41) is 0. The lowest BCUT2D eigenvalue weighted by Crippen LogP contribution is -2.36. The Bertz CT molecular complexity index is 1110. The van der Waals surface area contributed by atoms with E-state index in [1.54, 1.807) is 36.7 Å². The number of pyridine rings is 2. The summed E-state index contributed by atoms with van der Waals surface area (Å²) in [6, 6.07) is 12.7. The van der Waals surface area contributed by atoms with Gasteiger partial charge in [-0.15, -0.1) is 0 Å². The van der Waals surface area contributed by atoms with E-state index in [1.807, 2.05) is 18.2 Å². The number of nitrogens with two attached hydrogens (primary N) is 1. The maximum Gasteiger partial charge on any atom is 0.175 e. The fourth-order valence-electron chi connectivity index (χ4n) is 3.28. The standard InChI is InChI=1S/C21H22N4O3S/c1-29(26,27)18-5-2-15(3-6-18)17-12-19(21(22)24-14-17)16-4-7-20(23-13-16)25-8-10-28-11-9-25/h2-7,12-14H,8-11H2,1H3,(H2,22,24). The maximum atomic E-state index is 11.7.